The molecule has 1 saturated heterocycles. The molecule has 3 aliphatic heterocycles. The smallest absolute Gasteiger partial charge is 0.243 e. The number of benzene rings is 2. The van der Waals surface area contributed by atoms with Crippen LogP contribution < -0.4 is 4.90 Å². The number of piperazine rings is 1. The Balaban J connectivity index is 1.36. The molecule has 2 aromatic carbocycles. The third kappa shape index (κ3) is 3.25. The second-order valence-electron chi connectivity index (χ2n) is 8.50. The van der Waals surface area contributed by atoms with Gasteiger partial charge in [0.25, 0.3) is 0 Å². The molecule has 0 saturated carbocycles. The van der Waals surface area contributed by atoms with Gasteiger partial charge in [-0.2, -0.15) is 4.31 Å². The molecule has 0 aliphatic carbocycles. The van der Waals surface area contributed by atoms with Crippen molar-refractivity contribution >= 4 is 21.6 Å². The molecule has 1 amide bonds. The summed E-state index contributed by atoms with van der Waals surface area (Å²) in [4.78, 5) is 17.1. The van der Waals surface area contributed by atoms with Crippen LogP contribution in [-0.4, -0.2) is 56.3 Å². The SMILES string of the molecule is C[C@@H]1C(=O)N2CCCc3cc(S(=O)(=O)N4CCN(Cc5ccccc5)CC4)cc1c32. The van der Waals surface area contributed by atoms with Crippen molar-refractivity contribution in [2.45, 2.75) is 37.1 Å². The van der Waals surface area contributed by atoms with E-state index in [9.17, 15) is 13.2 Å². The number of hydrogen-bond acceptors (Lipinski definition) is 4. The third-order valence-electron chi connectivity index (χ3n) is 6.61. The van der Waals surface area contributed by atoms with E-state index in [0.29, 0.717) is 31.1 Å². The van der Waals surface area contributed by atoms with Gasteiger partial charge < -0.3 is 4.90 Å². The molecule has 1 atom stereocenters. The molecule has 6 nitrogen and oxygen atoms in total. The predicted molar refractivity (Wildman–Crippen MR) is 116 cm³/mol. The Morgan fingerprint density at radius 3 is 2.47 bits per heavy atom. The van der Waals surface area contributed by atoms with Crippen LogP contribution in [0.5, 0.6) is 0 Å². The fraction of sp³-hybridized carbons (Fsp3) is 0.435. The Labute approximate surface area is 178 Å². The van der Waals surface area contributed by atoms with E-state index in [-0.39, 0.29) is 11.8 Å². The molecule has 7 heteroatoms. The van der Waals surface area contributed by atoms with Crippen LogP contribution in [0.25, 0.3) is 0 Å². The Bertz CT molecular complexity index is 1080. The molecule has 30 heavy (non-hydrogen) atoms. The molecule has 0 radical (unpaired) electrons. The van der Waals surface area contributed by atoms with Gasteiger partial charge in [-0.1, -0.05) is 30.3 Å². The fourth-order valence-electron chi connectivity index (χ4n) is 4.93. The maximum atomic E-state index is 13.4. The van der Waals surface area contributed by atoms with E-state index in [1.54, 1.807) is 10.4 Å². The third-order valence-corrected chi connectivity index (χ3v) is 8.49. The molecule has 0 N–H and O–H groups in total. The highest BCUT2D eigenvalue weighted by Gasteiger charge is 2.39. The van der Waals surface area contributed by atoms with Crippen molar-refractivity contribution < 1.29 is 13.2 Å². The molecule has 1 fully saturated rings. The lowest BCUT2D eigenvalue weighted by Gasteiger charge is -2.34. The standard InChI is InChI=1S/C23H27N3O3S/c1-17-21-15-20(14-19-8-5-9-26(22(19)21)23(17)27)30(28,29)25-12-10-24(11-13-25)16-18-6-3-2-4-7-18/h2-4,6-7,14-15,17H,5,8-13,16H2,1H3/t17-/m0/s1. The van der Waals surface area contributed by atoms with E-state index in [4.69, 9.17) is 0 Å². The van der Waals surface area contributed by atoms with Crippen LogP contribution in [-0.2, 0) is 27.8 Å². The zero-order valence-corrected chi connectivity index (χ0v) is 18.1. The molecule has 0 spiro atoms. The van der Waals surface area contributed by atoms with E-state index in [1.165, 1.54) is 5.56 Å². The first-order chi connectivity index (χ1) is 14.4. The minimum atomic E-state index is -3.57. The van der Waals surface area contributed by atoms with E-state index in [2.05, 4.69) is 17.0 Å². The van der Waals surface area contributed by atoms with Crippen LogP contribution in [0.15, 0.2) is 47.4 Å². The number of rotatable bonds is 4. The summed E-state index contributed by atoms with van der Waals surface area (Å²) >= 11 is 0. The zero-order chi connectivity index (χ0) is 20.9. The first-order valence-electron chi connectivity index (χ1n) is 10.7. The quantitative estimate of drug-likeness (QED) is 0.756. The van der Waals surface area contributed by atoms with Gasteiger partial charge >= 0.3 is 0 Å². The van der Waals surface area contributed by atoms with Gasteiger partial charge in [0.2, 0.25) is 15.9 Å². The number of nitrogens with zero attached hydrogens (tertiary/aromatic N) is 3. The van der Waals surface area contributed by atoms with Crippen molar-refractivity contribution in [1.29, 1.82) is 0 Å². The number of hydrogen-bond donors (Lipinski definition) is 0. The number of carbonyl (C=O) groups is 1. The molecule has 0 bridgehead atoms. The number of amides is 1. The highest BCUT2D eigenvalue weighted by atomic mass is 32.2. The molecule has 0 unspecified atom stereocenters. The molecule has 3 aliphatic rings. The average molecular weight is 426 g/mol. The highest BCUT2D eigenvalue weighted by Crippen LogP contribution is 2.44. The minimum Gasteiger partial charge on any atom is -0.311 e. The van der Waals surface area contributed by atoms with Crippen molar-refractivity contribution in [3.05, 3.63) is 59.2 Å². The van der Waals surface area contributed by atoms with Crippen LogP contribution in [0, 0.1) is 0 Å². The summed E-state index contributed by atoms with van der Waals surface area (Å²) < 4.78 is 28.4. The Morgan fingerprint density at radius 1 is 1.00 bits per heavy atom. The van der Waals surface area contributed by atoms with Crippen molar-refractivity contribution in [2.75, 3.05) is 37.6 Å². The van der Waals surface area contributed by atoms with E-state index in [0.717, 1.165) is 42.7 Å². The van der Waals surface area contributed by atoms with Crippen LogP contribution in [0.2, 0.25) is 0 Å². The van der Waals surface area contributed by atoms with Crippen LogP contribution in [0.1, 0.15) is 36.0 Å². The van der Waals surface area contributed by atoms with E-state index >= 15 is 0 Å². The van der Waals surface area contributed by atoms with Crippen molar-refractivity contribution in [3.8, 4) is 0 Å². The molecule has 158 valence electrons. The molecular formula is C23H27N3O3S. The van der Waals surface area contributed by atoms with Gasteiger partial charge in [-0.15, -0.1) is 0 Å². The molecule has 0 aromatic heterocycles. The minimum absolute atomic E-state index is 0.0926. The summed E-state index contributed by atoms with van der Waals surface area (Å²) in [5.74, 6) is -0.176. The van der Waals surface area contributed by atoms with Crippen LogP contribution in [0.4, 0.5) is 5.69 Å². The fourth-order valence-corrected chi connectivity index (χ4v) is 6.44. The monoisotopic (exact) mass is 425 g/mol. The maximum absolute atomic E-state index is 13.4. The summed E-state index contributed by atoms with van der Waals surface area (Å²) in [5, 5.41) is 0. The maximum Gasteiger partial charge on any atom is 0.243 e. The van der Waals surface area contributed by atoms with Gasteiger partial charge in [-0.3, -0.25) is 9.69 Å². The highest BCUT2D eigenvalue weighted by molar-refractivity contribution is 7.89. The van der Waals surface area contributed by atoms with Crippen molar-refractivity contribution in [3.63, 3.8) is 0 Å². The summed E-state index contributed by atoms with van der Waals surface area (Å²) in [6.07, 6.45) is 1.71. The number of aryl methyl sites for hydroxylation is 1. The number of sulfonamides is 1. The summed E-state index contributed by atoms with van der Waals surface area (Å²) in [6.45, 7) is 5.87. The second-order valence-corrected chi connectivity index (χ2v) is 10.4. The summed E-state index contributed by atoms with van der Waals surface area (Å²) in [7, 11) is -3.57. The lowest BCUT2D eigenvalue weighted by Crippen LogP contribution is -2.48. The topological polar surface area (TPSA) is 60.9 Å². The van der Waals surface area contributed by atoms with Gasteiger partial charge in [0.1, 0.15) is 0 Å². The van der Waals surface area contributed by atoms with Gasteiger partial charge in [0.15, 0.2) is 0 Å². The molecular weight excluding hydrogens is 398 g/mol. The lowest BCUT2D eigenvalue weighted by atomic mass is 9.97. The van der Waals surface area contributed by atoms with E-state index < -0.39 is 10.0 Å². The lowest BCUT2D eigenvalue weighted by molar-refractivity contribution is -0.119. The van der Waals surface area contributed by atoms with E-state index in [1.807, 2.05) is 36.1 Å². The first-order valence-corrected chi connectivity index (χ1v) is 12.1. The number of carbonyl (C=O) groups excluding carboxylic acids is 1. The molecule has 2 aromatic rings. The Hall–Kier alpha value is -2.22. The Morgan fingerprint density at radius 2 is 1.73 bits per heavy atom. The molecule has 3 heterocycles. The zero-order valence-electron chi connectivity index (χ0n) is 17.3. The van der Waals surface area contributed by atoms with Crippen LogP contribution >= 0.6 is 0 Å². The Kier molecular flexibility index (Phi) is 4.92. The largest absolute Gasteiger partial charge is 0.311 e. The van der Waals surface area contributed by atoms with Gasteiger partial charge in [0, 0.05) is 39.3 Å². The second kappa shape index (κ2) is 7.48. The van der Waals surface area contributed by atoms with Gasteiger partial charge in [-0.05, 0) is 48.6 Å². The summed E-state index contributed by atoms with van der Waals surface area (Å²) in [5.41, 5.74) is 4.08. The van der Waals surface area contributed by atoms with Crippen molar-refractivity contribution in [2.24, 2.45) is 0 Å². The van der Waals surface area contributed by atoms with Gasteiger partial charge in [-0.25, -0.2) is 8.42 Å². The van der Waals surface area contributed by atoms with Crippen molar-refractivity contribution in [1.82, 2.24) is 9.21 Å². The molecule has 5 rings (SSSR count). The summed E-state index contributed by atoms with van der Waals surface area (Å²) in [6, 6.07) is 13.8. The predicted octanol–water partition coefficient (Wildman–Crippen LogP) is 2.59. The first kappa shape index (κ1) is 19.7. The van der Waals surface area contributed by atoms with Gasteiger partial charge in [0.05, 0.1) is 16.5 Å². The normalized spacial score (nSPS) is 22.4. The van der Waals surface area contributed by atoms with Crippen LogP contribution in [0.3, 0.4) is 0 Å². The average Bonchev–Trinajstić information content (AvgIpc) is 3.01. The number of anilines is 1.